The van der Waals surface area contributed by atoms with Crippen LogP contribution in [0.2, 0.25) is 0 Å². The molecule has 0 spiro atoms. The summed E-state index contributed by atoms with van der Waals surface area (Å²) in [4.78, 5) is 11.9. The van der Waals surface area contributed by atoms with Gasteiger partial charge < -0.3 is 15.5 Å². The molecule has 0 aromatic carbocycles. The van der Waals surface area contributed by atoms with Crippen molar-refractivity contribution in [1.82, 2.24) is 5.32 Å². The van der Waals surface area contributed by atoms with E-state index in [0.29, 0.717) is 6.42 Å². The number of carbonyl (C=O) groups excluding carboxylic acids is 1. The van der Waals surface area contributed by atoms with E-state index >= 15 is 0 Å². The number of unbranched alkanes of at least 4 members (excludes halogenated alkanes) is 8. The number of nitrogens with one attached hydrogen (secondary N) is 1. The Morgan fingerprint density at radius 1 is 1.00 bits per heavy atom. The van der Waals surface area contributed by atoms with Crippen LogP contribution < -0.4 is 5.32 Å². The molecule has 0 aliphatic rings. The molecule has 1 amide bonds. The first-order valence-electron chi connectivity index (χ1n) is 9.40. The lowest BCUT2D eigenvalue weighted by molar-refractivity contribution is -0.123. The number of rotatable bonds is 15. The van der Waals surface area contributed by atoms with Gasteiger partial charge in [0.1, 0.15) is 0 Å². The molecule has 23 heavy (non-hydrogen) atoms. The Morgan fingerprint density at radius 2 is 1.61 bits per heavy atom. The van der Waals surface area contributed by atoms with Gasteiger partial charge >= 0.3 is 0 Å². The third kappa shape index (κ3) is 13.3. The molecule has 0 saturated carbocycles. The fraction of sp³-hybridized carbons (Fsp3) is 0.842. The van der Waals surface area contributed by atoms with Gasteiger partial charge in [-0.3, -0.25) is 4.79 Å². The normalized spacial score (nSPS) is 14.1. The van der Waals surface area contributed by atoms with Crippen LogP contribution in [0, 0.1) is 0 Å². The Labute approximate surface area is 142 Å². The quantitative estimate of drug-likeness (QED) is 0.317. The van der Waals surface area contributed by atoms with Gasteiger partial charge in [0, 0.05) is 6.42 Å². The highest BCUT2D eigenvalue weighted by Gasteiger charge is 2.17. The standard InChI is InChI=1S/C19H37NO3/c1-3-5-7-9-11-13-15-19(23)20-17(16-21)18(22)14-12-10-8-6-4-2/h12,14,17-18,21-22H,3-11,13,15-16H2,1-2H3,(H,20,23)/b14-12+. The monoisotopic (exact) mass is 327 g/mol. The molecule has 136 valence electrons. The van der Waals surface area contributed by atoms with Crippen molar-refractivity contribution in [1.29, 1.82) is 0 Å². The molecule has 4 nitrogen and oxygen atoms in total. The molecular formula is C19H37NO3. The zero-order valence-corrected chi connectivity index (χ0v) is 15.1. The molecule has 0 rings (SSSR count). The van der Waals surface area contributed by atoms with Crippen LogP contribution in [0.5, 0.6) is 0 Å². The lowest BCUT2D eigenvalue weighted by Crippen LogP contribution is -2.45. The van der Waals surface area contributed by atoms with Gasteiger partial charge in [-0.25, -0.2) is 0 Å². The molecule has 0 radical (unpaired) electrons. The first kappa shape index (κ1) is 22.1. The van der Waals surface area contributed by atoms with E-state index in [-0.39, 0.29) is 12.5 Å². The van der Waals surface area contributed by atoms with Crippen LogP contribution in [0.3, 0.4) is 0 Å². The first-order chi connectivity index (χ1) is 11.2. The van der Waals surface area contributed by atoms with Crippen LogP contribution >= 0.6 is 0 Å². The summed E-state index contributed by atoms with van der Waals surface area (Å²) in [5.41, 5.74) is 0. The van der Waals surface area contributed by atoms with Crippen LogP contribution in [0.15, 0.2) is 12.2 Å². The smallest absolute Gasteiger partial charge is 0.220 e. The lowest BCUT2D eigenvalue weighted by atomic mass is 10.1. The molecule has 4 heteroatoms. The highest BCUT2D eigenvalue weighted by Crippen LogP contribution is 2.07. The molecule has 0 aromatic rings. The molecule has 0 bridgehead atoms. The second kappa shape index (κ2) is 16.0. The summed E-state index contributed by atoms with van der Waals surface area (Å²) in [6.07, 6.45) is 14.5. The second-order valence-corrected chi connectivity index (χ2v) is 6.29. The largest absolute Gasteiger partial charge is 0.394 e. The summed E-state index contributed by atoms with van der Waals surface area (Å²) < 4.78 is 0. The summed E-state index contributed by atoms with van der Waals surface area (Å²) >= 11 is 0. The molecule has 0 saturated heterocycles. The Balaban J connectivity index is 3.89. The fourth-order valence-electron chi connectivity index (χ4n) is 2.47. The van der Waals surface area contributed by atoms with Gasteiger partial charge in [-0.15, -0.1) is 0 Å². The molecule has 0 aromatic heterocycles. The maximum Gasteiger partial charge on any atom is 0.220 e. The van der Waals surface area contributed by atoms with Crippen molar-refractivity contribution in [3.8, 4) is 0 Å². The number of amides is 1. The van der Waals surface area contributed by atoms with E-state index in [1.807, 2.05) is 6.08 Å². The van der Waals surface area contributed by atoms with E-state index in [1.165, 1.54) is 38.5 Å². The number of aliphatic hydroxyl groups excluding tert-OH is 2. The number of carbonyl (C=O) groups is 1. The molecule has 2 unspecified atom stereocenters. The van der Waals surface area contributed by atoms with E-state index in [9.17, 15) is 15.0 Å². The van der Waals surface area contributed by atoms with Crippen molar-refractivity contribution in [3.05, 3.63) is 12.2 Å². The third-order valence-electron chi connectivity index (χ3n) is 4.02. The van der Waals surface area contributed by atoms with Gasteiger partial charge in [0.2, 0.25) is 5.91 Å². The second-order valence-electron chi connectivity index (χ2n) is 6.29. The van der Waals surface area contributed by atoms with Crippen molar-refractivity contribution in [3.63, 3.8) is 0 Å². The van der Waals surface area contributed by atoms with Gasteiger partial charge in [-0.2, -0.15) is 0 Å². The van der Waals surface area contributed by atoms with Crippen LogP contribution in [0.1, 0.15) is 84.5 Å². The van der Waals surface area contributed by atoms with E-state index in [0.717, 1.165) is 25.7 Å². The molecule has 2 atom stereocenters. The van der Waals surface area contributed by atoms with Crippen molar-refractivity contribution < 1.29 is 15.0 Å². The minimum Gasteiger partial charge on any atom is -0.394 e. The van der Waals surface area contributed by atoms with Crippen LogP contribution in [-0.2, 0) is 4.79 Å². The molecule has 3 N–H and O–H groups in total. The molecule has 0 fully saturated rings. The van der Waals surface area contributed by atoms with E-state index in [1.54, 1.807) is 6.08 Å². The molecule has 0 heterocycles. The van der Waals surface area contributed by atoms with E-state index in [2.05, 4.69) is 19.2 Å². The van der Waals surface area contributed by atoms with Crippen molar-refractivity contribution in [2.24, 2.45) is 0 Å². The lowest BCUT2D eigenvalue weighted by Gasteiger charge is -2.19. The third-order valence-corrected chi connectivity index (χ3v) is 4.02. The first-order valence-corrected chi connectivity index (χ1v) is 9.40. The number of allylic oxidation sites excluding steroid dienone is 1. The molecule has 0 aliphatic carbocycles. The van der Waals surface area contributed by atoms with Gasteiger partial charge in [0.05, 0.1) is 18.8 Å². The number of aliphatic hydroxyl groups is 2. The Hall–Kier alpha value is -0.870. The summed E-state index contributed by atoms with van der Waals surface area (Å²) in [5, 5.41) is 22.1. The van der Waals surface area contributed by atoms with Gasteiger partial charge in [0.15, 0.2) is 0 Å². The Kier molecular flexibility index (Phi) is 15.4. The molecule has 0 aliphatic heterocycles. The highest BCUT2D eigenvalue weighted by atomic mass is 16.3. The van der Waals surface area contributed by atoms with Crippen LogP contribution in [0.25, 0.3) is 0 Å². The van der Waals surface area contributed by atoms with Gasteiger partial charge in [-0.1, -0.05) is 70.9 Å². The predicted molar refractivity (Wildman–Crippen MR) is 96.3 cm³/mol. The van der Waals surface area contributed by atoms with Crippen molar-refractivity contribution in [2.45, 2.75) is 96.6 Å². The zero-order valence-electron chi connectivity index (χ0n) is 15.1. The maximum absolute atomic E-state index is 11.9. The fourth-order valence-corrected chi connectivity index (χ4v) is 2.47. The summed E-state index contributed by atoms with van der Waals surface area (Å²) in [6.45, 7) is 4.09. The van der Waals surface area contributed by atoms with Gasteiger partial charge in [0.25, 0.3) is 0 Å². The molecular weight excluding hydrogens is 290 g/mol. The summed E-state index contributed by atoms with van der Waals surface area (Å²) in [6, 6.07) is -0.606. The number of hydrogen-bond acceptors (Lipinski definition) is 3. The van der Waals surface area contributed by atoms with Crippen molar-refractivity contribution >= 4 is 5.91 Å². The average Bonchev–Trinajstić information content (AvgIpc) is 2.55. The van der Waals surface area contributed by atoms with Gasteiger partial charge in [-0.05, 0) is 19.3 Å². The predicted octanol–water partition coefficient (Wildman–Crippen LogP) is 3.71. The summed E-state index contributed by atoms with van der Waals surface area (Å²) in [5.74, 6) is -0.0852. The average molecular weight is 328 g/mol. The number of hydrogen-bond donors (Lipinski definition) is 3. The minimum atomic E-state index is -0.824. The Bertz CT molecular complexity index is 305. The van der Waals surface area contributed by atoms with E-state index < -0.39 is 12.1 Å². The Morgan fingerprint density at radius 3 is 2.26 bits per heavy atom. The maximum atomic E-state index is 11.9. The van der Waals surface area contributed by atoms with Crippen LogP contribution in [0.4, 0.5) is 0 Å². The minimum absolute atomic E-state index is 0.0852. The topological polar surface area (TPSA) is 69.6 Å². The van der Waals surface area contributed by atoms with Crippen molar-refractivity contribution in [2.75, 3.05) is 6.61 Å². The van der Waals surface area contributed by atoms with E-state index in [4.69, 9.17) is 0 Å². The highest BCUT2D eigenvalue weighted by molar-refractivity contribution is 5.76. The zero-order chi connectivity index (χ0) is 17.3. The SMILES string of the molecule is CCCCC/C=C/C(O)C(CO)NC(=O)CCCCCCCC. The summed E-state index contributed by atoms with van der Waals surface area (Å²) in [7, 11) is 0. The van der Waals surface area contributed by atoms with Crippen LogP contribution in [-0.4, -0.2) is 34.9 Å².